The van der Waals surface area contributed by atoms with Gasteiger partial charge in [0.05, 0.1) is 11.9 Å². The summed E-state index contributed by atoms with van der Waals surface area (Å²) in [4.78, 5) is 27.4. The third kappa shape index (κ3) is 7.70. The lowest BCUT2D eigenvalue weighted by atomic mass is 10.1. The number of benzene rings is 2. The van der Waals surface area contributed by atoms with Crippen LogP contribution >= 0.6 is 11.6 Å². The van der Waals surface area contributed by atoms with E-state index in [0.29, 0.717) is 18.0 Å². The van der Waals surface area contributed by atoms with Gasteiger partial charge in [-0.05, 0) is 49.6 Å². The molecule has 34 heavy (non-hydrogen) atoms. The van der Waals surface area contributed by atoms with Gasteiger partial charge in [-0.15, -0.1) is 0 Å². The minimum absolute atomic E-state index is 0.00995. The number of carbonyl (C=O) groups excluding carboxylic acids is 2. The molecule has 7 nitrogen and oxygen atoms in total. The number of nitrogens with zero attached hydrogens (tertiary/aromatic N) is 2. The van der Waals surface area contributed by atoms with Gasteiger partial charge in [-0.3, -0.25) is 13.9 Å². The van der Waals surface area contributed by atoms with Gasteiger partial charge in [0.2, 0.25) is 21.8 Å². The highest BCUT2D eigenvalue weighted by molar-refractivity contribution is 7.92. The molecule has 0 bridgehead atoms. The van der Waals surface area contributed by atoms with Crippen LogP contribution in [0.1, 0.15) is 38.7 Å². The Hall–Kier alpha value is -2.65. The van der Waals surface area contributed by atoms with E-state index in [9.17, 15) is 22.4 Å². The fourth-order valence-electron chi connectivity index (χ4n) is 3.63. The summed E-state index contributed by atoms with van der Waals surface area (Å²) in [5.74, 6) is -1.21. The zero-order chi connectivity index (χ0) is 25.3. The van der Waals surface area contributed by atoms with Crippen LogP contribution in [0.5, 0.6) is 0 Å². The minimum Gasteiger partial charge on any atom is -0.355 e. The van der Waals surface area contributed by atoms with E-state index in [2.05, 4.69) is 5.32 Å². The molecular weight excluding hydrogens is 481 g/mol. The highest BCUT2D eigenvalue weighted by Crippen LogP contribution is 2.22. The maximum absolute atomic E-state index is 14.2. The molecule has 0 aliphatic carbocycles. The number of nitrogens with one attached hydrogen (secondary N) is 1. The van der Waals surface area contributed by atoms with Crippen LogP contribution in [0.2, 0.25) is 5.02 Å². The first-order chi connectivity index (χ1) is 16.1. The Morgan fingerprint density at radius 3 is 2.29 bits per heavy atom. The number of halogens is 2. The van der Waals surface area contributed by atoms with Crippen molar-refractivity contribution in [3.8, 4) is 0 Å². The van der Waals surface area contributed by atoms with Gasteiger partial charge in [0, 0.05) is 31.1 Å². The largest absolute Gasteiger partial charge is 0.355 e. The van der Waals surface area contributed by atoms with Crippen LogP contribution in [0.4, 0.5) is 10.1 Å². The summed E-state index contributed by atoms with van der Waals surface area (Å²) in [6, 6.07) is 11.9. The van der Waals surface area contributed by atoms with E-state index >= 15 is 0 Å². The van der Waals surface area contributed by atoms with Crippen molar-refractivity contribution in [1.29, 1.82) is 0 Å². The van der Waals surface area contributed by atoms with Gasteiger partial charge in [0.15, 0.2) is 0 Å². The molecule has 1 unspecified atom stereocenters. The lowest BCUT2D eigenvalue weighted by Gasteiger charge is -2.31. The van der Waals surface area contributed by atoms with Crippen molar-refractivity contribution in [3.05, 3.63) is 64.9 Å². The van der Waals surface area contributed by atoms with Gasteiger partial charge >= 0.3 is 0 Å². The molecule has 2 rings (SSSR count). The predicted molar refractivity (Wildman–Crippen MR) is 133 cm³/mol. The summed E-state index contributed by atoms with van der Waals surface area (Å²) in [7, 11) is -3.76. The highest BCUT2D eigenvalue weighted by atomic mass is 35.5. The zero-order valence-electron chi connectivity index (χ0n) is 19.6. The Morgan fingerprint density at radius 1 is 1.09 bits per heavy atom. The second kappa shape index (κ2) is 12.7. The molecule has 0 saturated heterocycles. The first-order valence-corrected chi connectivity index (χ1v) is 13.3. The van der Waals surface area contributed by atoms with Crippen LogP contribution in [0, 0.1) is 5.82 Å². The fourth-order valence-corrected chi connectivity index (χ4v) is 4.73. The van der Waals surface area contributed by atoms with Crippen molar-refractivity contribution in [3.63, 3.8) is 0 Å². The average Bonchev–Trinajstić information content (AvgIpc) is 2.78. The van der Waals surface area contributed by atoms with Crippen molar-refractivity contribution in [2.24, 2.45) is 0 Å². The Balaban J connectivity index is 2.20. The van der Waals surface area contributed by atoms with E-state index in [0.717, 1.165) is 16.1 Å². The van der Waals surface area contributed by atoms with Crippen molar-refractivity contribution in [1.82, 2.24) is 10.2 Å². The van der Waals surface area contributed by atoms with Crippen molar-refractivity contribution in [2.45, 2.75) is 45.7 Å². The van der Waals surface area contributed by atoms with Crippen LogP contribution in [0.25, 0.3) is 0 Å². The quantitative estimate of drug-likeness (QED) is 0.467. The molecule has 2 aromatic rings. The summed E-state index contributed by atoms with van der Waals surface area (Å²) in [6.07, 6.45) is 1.55. The van der Waals surface area contributed by atoms with Crippen LogP contribution < -0.4 is 9.62 Å². The van der Waals surface area contributed by atoms with E-state index in [4.69, 9.17) is 11.6 Å². The Kier molecular flexibility index (Phi) is 10.3. The smallest absolute Gasteiger partial charge is 0.242 e. The first kappa shape index (κ1) is 27.6. The van der Waals surface area contributed by atoms with Crippen molar-refractivity contribution in [2.75, 3.05) is 23.7 Å². The summed E-state index contributed by atoms with van der Waals surface area (Å²) < 4.78 is 39.7. The first-order valence-electron chi connectivity index (χ1n) is 11.1. The third-order valence-electron chi connectivity index (χ3n) is 5.28. The molecule has 0 heterocycles. The maximum atomic E-state index is 14.2. The van der Waals surface area contributed by atoms with Crippen LogP contribution in [-0.4, -0.2) is 50.5 Å². The van der Waals surface area contributed by atoms with E-state index in [1.54, 1.807) is 37.3 Å². The van der Waals surface area contributed by atoms with Gasteiger partial charge in [0.25, 0.3) is 0 Å². The zero-order valence-corrected chi connectivity index (χ0v) is 21.2. The molecule has 0 radical (unpaired) electrons. The lowest BCUT2D eigenvalue weighted by molar-refractivity contribution is -0.141. The number of carbonyl (C=O) groups is 2. The Labute approximate surface area is 205 Å². The molecule has 0 aliphatic rings. The Morgan fingerprint density at radius 2 is 1.74 bits per heavy atom. The number of para-hydroxylation sites is 1. The normalized spacial score (nSPS) is 12.1. The topological polar surface area (TPSA) is 86.8 Å². The standard InChI is InChI=1S/C24H31ClFN3O4S/c1-4-21(24(31)27-5-2)28(17-18-12-14-19(25)15-13-18)23(30)11-8-16-29(34(3,32)33)22-10-7-6-9-20(22)26/h6-7,9-10,12-15,21H,4-5,8,11,16-17H2,1-3H3,(H,27,31). The molecule has 2 amide bonds. The van der Waals surface area contributed by atoms with Crippen LogP contribution in [-0.2, 0) is 26.2 Å². The van der Waals surface area contributed by atoms with Crippen molar-refractivity contribution >= 4 is 39.1 Å². The van der Waals surface area contributed by atoms with E-state index in [1.807, 2.05) is 6.92 Å². The van der Waals surface area contributed by atoms with E-state index in [-0.39, 0.29) is 43.4 Å². The maximum Gasteiger partial charge on any atom is 0.242 e. The molecule has 0 aromatic heterocycles. The van der Waals surface area contributed by atoms with Crippen LogP contribution in [0.3, 0.4) is 0 Å². The number of rotatable bonds is 12. The molecule has 0 saturated carbocycles. The van der Waals surface area contributed by atoms with E-state index < -0.39 is 21.9 Å². The van der Waals surface area contributed by atoms with Gasteiger partial charge in [-0.25, -0.2) is 12.8 Å². The molecule has 0 spiro atoms. The summed E-state index contributed by atoms with van der Waals surface area (Å²) in [5, 5.41) is 3.33. The monoisotopic (exact) mass is 511 g/mol. The van der Waals surface area contributed by atoms with E-state index in [1.165, 1.54) is 23.1 Å². The molecule has 10 heteroatoms. The molecular formula is C24H31ClFN3O4S. The molecule has 1 atom stereocenters. The second-order valence-electron chi connectivity index (χ2n) is 7.86. The predicted octanol–water partition coefficient (Wildman–Crippen LogP) is 3.97. The van der Waals surface area contributed by atoms with Gasteiger partial charge in [-0.2, -0.15) is 0 Å². The number of amides is 2. The molecule has 1 N–H and O–H groups in total. The molecule has 2 aromatic carbocycles. The third-order valence-corrected chi connectivity index (χ3v) is 6.71. The lowest BCUT2D eigenvalue weighted by Crippen LogP contribution is -2.49. The molecule has 0 aliphatic heterocycles. The molecule has 186 valence electrons. The molecule has 0 fully saturated rings. The second-order valence-corrected chi connectivity index (χ2v) is 10.2. The summed E-state index contributed by atoms with van der Waals surface area (Å²) >= 11 is 5.96. The fraction of sp³-hybridized carbons (Fsp3) is 0.417. The number of anilines is 1. The number of sulfonamides is 1. The van der Waals surface area contributed by atoms with Gasteiger partial charge in [-0.1, -0.05) is 42.8 Å². The summed E-state index contributed by atoms with van der Waals surface area (Å²) in [6.45, 7) is 4.20. The number of likely N-dealkylation sites (N-methyl/N-ethyl adjacent to an activating group) is 1. The van der Waals surface area contributed by atoms with Gasteiger partial charge < -0.3 is 10.2 Å². The average molecular weight is 512 g/mol. The Bertz CT molecular complexity index is 1080. The van der Waals surface area contributed by atoms with Crippen molar-refractivity contribution < 1.29 is 22.4 Å². The van der Waals surface area contributed by atoms with Gasteiger partial charge in [0.1, 0.15) is 11.9 Å². The minimum atomic E-state index is -3.76. The summed E-state index contributed by atoms with van der Waals surface area (Å²) in [5.41, 5.74) is 0.744. The highest BCUT2D eigenvalue weighted by Gasteiger charge is 2.28. The SMILES string of the molecule is CCNC(=O)C(CC)N(Cc1ccc(Cl)cc1)C(=O)CCCN(c1ccccc1F)S(C)(=O)=O. The van der Waals surface area contributed by atoms with Crippen LogP contribution in [0.15, 0.2) is 48.5 Å². The number of hydrogen-bond acceptors (Lipinski definition) is 4. The number of hydrogen-bond donors (Lipinski definition) is 1.